The van der Waals surface area contributed by atoms with Gasteiger partial charge >= 0.3 is 0 Å². The highest BCUT2D eigenvalue weighted by molar-refractivity contribution is 5.97. The van der Waals surface area contributed by atoms with E-state index in [1.807, 2.05) is 52.3 Å². The van der Waals surface area contributed by atoms with Crippen LogP contribution in [0.25, 0.3) is 0 Å². The number of anilines is 1. The van der Waals surface area contributed by atoms with Gasteiger partial charge in [-0.3, -0.25) is 9.59 Å². The number of para-hydroxylation sites is 1. The molecule has 168 valence electrons. The van der Waals surface area contributed by atoms with Crippen LogP contribution in [0.3, 0.4) is 0 Å². The number of amides is 2. The van der Waals surface area contributed by atoms with Gasteiger partial charge < -0.3 is 19.3 Å². The fraction of sp³-hybridized carbons (Fsp3) is 0.462. The van der Waals surface area contributed by atoms with Crippen molar-refractivity contribution < 1.29 is 19.1 Å². The normalized spacial score (nSPS) is 21.8. The maximum Gasteiger partial charge on any atom is 0.253 e. The molecule has 3 aliphatic heterocycles. The van der Waals surface area contributed by atoms with Gasteiger partial charge in [0.25, 0.3) is 5.91 Å². The average molecular weight is 435 g/mol. The molecule has 6 nitrogen and oxygen atoms in total. The van der Waals surface area contributed by atoms with Crippen molar-refractivity contribution in [1.82, 2.24) is 4.90 Å². The van der Waals surface area contributed by atoms with E-state index in [-0.39, 0.29) is 30.1 Å². The highest BCUT2D eigenvalue weighted by Crippen LogP contribution is 2.32. The quantitative estimate of drug-likeness (QED) is 0.649. The Balaban J connectivity index is 1.20. The highest BCUT2D eigenvalue weighted by Gasteiger charge is 2.34. The Hall–Kier alpha value is -2.86. The van der Waals surface area contributed by atoms with Gasteiger partial charge in [0, 0.05) is 36.8 Å². The molecule has 0 saturated carbocycles. The van der Waals surface area contributed by atoms with Crippen molar-refractivity contribution in [1.29, 1.82) is 0 Å². The zero-order chi connectivity index (χ0) is 22.1. The molecule has 2 aromatic carbocycles. The third kappa shape index (κ3) is 4.24. The van der Waals surface area contributed by atoms with Crippen LogP contribution in [0.5, 0.6) is 5.75 Å². The second-order valence-electron chi connectivity index (χ2n) is 8.88. The van der Waals surface area contributed by atoms with E-state index in [0.717, 1.165) is 43.7 Å². The van der Waals surface area contributed by atoms with Gasteiger partial charge in [0.05, 0.1) is 6.61 Å². The second kappa shape index (κ2) is 8.94. The Morgan fingerprint density at radius 3 is 2.50 bits per heavy atom. The van der Waals surface area contributed by atoms with Crippen LogP contribution in [0, 0.1) is 0 Å². The minimum Gasteiger partial charge on any atom is -0.488 e. The third-order valence-electron chi connectivity index (χ3n) is 6.81. The van der Waals surface area contributed by atoms with Crippen LogP contribution in [0.1, 0.15) is 48.5 Å². The summed E-state index contributed by atoms with van der Waals surface area (Å²) in [5.74, 6) is 1.01. The minimum absolute atomic E-state index is 0.0398. The minimum atomic E-state index is 0.0398. The molecular weight excluding hydrogens is 404 g/mol. The first-order valence-electron chi connectivity index (χ1n) is 11.7. The lowest BCUT2D eigenvalue weighted by atomic mass is 9.95. The lowest BCUT2D eigenvalue weighted by Crippen LogP contribution is -2.50. The van der Waals surface area contributed by atoms with Gasteiger partial charge in [0.2, 0.25) is 5.91 Å². The van der Waals surface area contributed by atoms with E-state index in [1.165, 1.54) is 5.56 Å². The Labute approximate surface area is 189 Å². The fourth-order valence-electron chi connectivity index (χ4n) is 4.91. The molecule has 3 aliphatic rings. The van der Waals surface area contributed by atoms with Crippen molar-refractivity contribution in [3.63, 3.8) is 0 Å². The van der Waals surface area contributed by atoms with Crippen molar-refractivity contribution in [2.45, 2.75) is 57.3 Å². The molecule has 0 bridgehead atoms. The van der Waals surface area contributed by atoms with E-state index in [4.69, 9.17) is 9.47 Å². The summed E-state index contributed by atoms with van der Waals surface area (Å²) in [6.07, 6.45) is 4.13. The predicted octanol–water partition coefficient (Wildman–Crippen LogP) is 3.83. The summed E-state index contributed by atoms with van der Waals surface area (Å²) in [6.45, 7) is 4.17. The summed E-state index contributed by atoms with van der Waals surface area (Å²) >= 11 is 0. The Kier molecular flexibility index (Phi) is 5.87. The zero-order valence-corrected chi connectivity index (χ0v) is 18.5. The number of aryl methyl sites for hydroxylation is 1. The summed E-state index contributed by atoms with van der Waals surface area (Å²) in [4.78, 5) is 29.6. The molecule has 32 heavy (non-hydrogen) atoms. The topological polar surface area (TPSA) is 62.4 Å². The van der Waals surface area contributed by atoms with Crippen LogP contribution in [-0.4, -0.2) is 54.7 Å². The molecule has 2 atom stereocenters. The summed E-state index contributed by atoms with van der Waals surface area (Å²) in [5, 5.41) is 0. The molecule has 0 spiro atoms. The Morgan fingerprint density at radius 1 is 1.09 bits per heavy atom. The number of carbonyl (C=O) groups excluding carboxylic acids is 2. The number of epoxide rings is 1. The molecule has 5 rings (SSSR count). The summed E-state index contributed by atoms with van der Waals surface area (Å²) in [6, 6.07) is 15.8. The standard InChI is InChI=1S/C26H30N2O4/c1-2-23(24-17-31-24)32-21-10-7-19(8-11-21)26(30)27-15-13-20(14-16-27)28-22-6-4-3-5-18(22)9-12-25(28)29/h3-8,10-11,20,23-24H,2,9,12-17H2,1H3. The van der Waals surface area contributed by atoms with Crippen molar-refractivity contribution in [3.8, 4) is 5.75 Å². The molecular formula is C26H30N2O4. The zero-order valence-electron chi connectivity index (χ0n) is 18.5. The van der Waals surface area contributed by atoms with Crippen LogP contribution in [0.15, 0.2) is 48.5 Å². The largest absolute Gasteiger partial charge is 0.488 e. The second-order valence-corrected chi connectivity index (χ2v) is 8.88. The van der Waals surface area contributed by atoms with Gasteiger partial charge in [0.1, 0.15) is 18.0 Å². The van der Waals surface area contributed by atoms with E-state index in [0.29, 0.717) is 25.1 Å². The first kappa shape index (κ1) is 21.0. The molecule has 2 fully saturated rings. The Morgan fingerprint density at radius 2 is 1.81 bits per heavy atom. The number of rotatable bonds is 6. The molecule has 2 amide bonds. The predicted molar refractivity (Wildman–Crippen MR) is 122 cm³/mol. The molecule has 0 N–H and O–H groups in total. The molecule has 6 heteroatoms. The number of fused-ring (bicyclic) bond motifs is 1. The molecule has 2 unspecified atom stereocenters. The number of benzene rings is 2. The smallest absolute Gasteiger partial charge is 0.253 e. The van der Waals surface area contributed by atoms with Crippen molar-refractivity contribution >= 4 is 17.5 Å². The van der Waals surface area contributed by atoms with Gasteiger partial charge in [-0.15, -0.1) is 0 Å². The maximum absolute atomic E-state index is 13.0. The Bertz CT molecular complexity index is 978. The van der Waals surface area contributed by atoms with E-state index in [9.17, 15) is 9.59 Å². The number of likely N-dealkylation sites (tertiary alicyclic amines) is 1. The number of hydrogen-bond acceptors (Lipinski definition) is 4. The summed E-state index contributed by atoms with van der Waals surface area (Å²) < 4.78 is 11.3. The monoisotopic (exact) mass is 434 g/mol. The van der Waals surface area contributed by atoms with E-state index in [1.54, 1.807) is 0 Å². The van der Waals surface area contributed by atoms with Crippen molar-refractivity contribution in [3.05, 3.63) is 59.7 Å². The number of carbonyl (C=O) groups is 2. The van der Waals surface area contributed by atoms with Crippen LogP contribution in [0.2, 0.25) is 0 Å². The fourth-order valence-corrected chi connectivity index (χ4v) is 4.91. The maximum atomic E-state index is 13.0. The van der Waals surface area contributed by atoms with E-state index >= 15 is 0 Å². The van der Waals surface area contributed by atoms with E-state index < -0.39 is 0 Å². The number of ether oxygens (including phenoxy) is 2. The lowest BCUT2D eigenvalue weighted by molar-refractivity contribution is -0.119. The molecule has 3 heterocycles. The van der Waals surface area contributed by atoms with Gasteiger partial charge in [0.15, 0.2) is 0 Å². The molecule has 2 saturated heterocycles. The van der Waals surface area contributed by atoms with Crippen LogP contribution >= 0.6 is 0 Å². The number of hydrogen-bond donors (Lipinski definition) is 0. The van der Waals surface area contributed by atoms with Crippen LogP contribution < -0.4 is 9.64 Å². The van der Waals surface area contributed by atoms with E-state index in [2.05, 4.69) is 13.0 Å². The third-order valence-corrected chi connectivity index (χ3v) is 6.81. The SMILES string of the molecule is CCC(Oc1ccc(C(=O)N2CCC(N3C(=O)CCc4ccccc43)CC2)cc1)C1CO1. The summed E-state index contributed by atoms with van der Waals surface area (Å²) in [5.41, 5.74) is 2.96. The first-order chi connectivity index (χ1) is 15.6. The van der Waals surface area contributed by atoms with Crippen molar-refractivity contribution in [2.75, 3.05) is 24.6 Å². The number of piperidine rings is 1. The van der Waals surface area contributed by atoms with Crippen LogP contribution in [0.4, 0.5) is 5.69 Å². The number of nitrogens with zero attached hydrogens (tertiary/aromatic N) is 2. The van der Waals surface area contributed by atoms with Gasteiger partial charge in [-0.2, -0.15) is 0 Å². The van der Waals surface area contributed by atoms with Gasteiger partial charge in [-0.05, 0) is 61.6 Å². The highest BCUT2D eigenvalue weighted by atomic mass is 16.6. The van der Waals surface area contributed by atoms with Crippen molar-refractivity contribution in [2.24, 2.45) is 0 Å². The lowest BCUT2D eigenvalue weighted by Gasteiger charge is -2.41. The molecule has 0 aliphatic carbocycles. The molecule has 0 aromatic heterocycles. The molecule has 2 aromatic rings. The summed E-state index contributed by atoms with van der Waals surface area (Å²) in [7, 11) is 0. The van der Waals surface area contributed by atoms with Gasteiger partial charge in [-0.1, -0.05) is 25.1 Å². The van der Waals surface area contributed by atoms with Gasteiger partial charge in [-0.25, -0.2) is 0 Å². The molecule has 0 radical (unpaired) electrons. The first-order valence-corrected chi connectivity index (χ1v) is 11.7. The van der Waals surface area contributed by atoms with Crippen LogP contribution in [-0.2, 0) is 16.0 Å². The average Bonchev–Trinajstić information content (AvgIpc) is 3.68.